The van der Waals surface area contributed by atoms with Crippen LogP contribution in [0.5, 0.6) is 0 Å². The molecule has 1 N–H and O–H groups in total. The van der Waals surface area contributed by atoms with Crippen molar-refractivity contribution in [3.63, 3.8) is 0 Å². The number of pyridine rings is 1. The lowest BCUT2D eigenvalue weighted by Crippen LogP contribution is -2.45. The van der Waals surface area contributed by atoms with Crippen molar-refractivity contribution in [3.8, 4) is 0 Å². The predicted octanol–water partition coefficient (Wildman–Crippen LogP) is 2.91. The Kier molecular flexibility index (Phi) is 5.22. The minimum absolute atomic E-state index is 0.198. The fourth-order valence-electron chi connectivity index (χ4n) is 3.46. The molecule has 1 aliphatic carbocycles. The van der Waals surface area contributed by atoms with E-state index in [0.717, 1.165) is 37.6 Å². The molecule has 1 aromatic heterocycles. The van der Waals surface area contributed by atoms with Crippen molar-refractivity contribution in [1.82, 2.24) is 9.88 Å². The van der Waals surface area contributed by atoms with Crippen LogP contribution in [0.4, 0.5) is 20.4 Å². The maximum Gasteiger partial charge on any atom is 0.248 e. The number of aromatic nitrogens is 1. The van der Waals surface area contributed by atoms with E-state index in [9.17, 15) is 13.6 Å². The van der Waals surface area contributed by atoms with E-state index in [2.05, 4.69) is 27.1 Å². The van der Waals surface area contributed by atoms with Gasteiger partial charge in [-0.3, -0.25) is 4.79 Å². The Morgan fingerprint density at radius 2 is 1.84 bits per heavy atom. The van der Waals surface area contributed by atoms with Crippen molar-refractivity contribution in [2.24, 2.45) is 5.92 Å². The second-order valence-electron chi connectivity index (χ2n) is 7.25. The molecule has 5 nitrogen and oxygen atoms in total. The molecule has 0 atom stereocenters. The number of amides is 1. The second-order valence-corrected chi connectivity index (χ2v) is 7.25. The highest BCUT2D eigenvalue weighted by atomic mass is 19.3. The number of carbonyl (C=O) groups is 1. The molecule has 0 unspecified atom stereocenters. The summed E-state index contributed by atoms with van der Waals surface area (Å²) in [5, 5.41) is 2.82. The lowest BCUT2D eigenvalue weighted by atomic mass is 9.86. The highest BCUT2D eigenvalue weighted by Crippen LogP contribution is 2.36. The van der Waals surface area contributed by atoms with Crippen LogP contribution in [0.25, 0.3) is 0 Å². The van der Waals surface area contributed by atoms with Crippen LogP contribution in [0.1, 0.15) is 31.2 Å². The van der Waals surface area contributed by atoms with Gasteiger partial charge in [0.05, 0.1) is 0 Å². The first-order chi connectivity index (χ1) is 11.8. The van der Waals surface area contributed by atoms with E-state index in [1.54, 1.807) is 6.07 Å². The smallest absolute Gasteiger partial charge is 0.248 e. The average molecular weight is 352 g/mol. The Morgan fingerprint density at radius 3 is 2.48 bits per heavy atom. The van der Waals surface area contributed by atoms with Gasteiger partial charge in [0.2, 0.25) is 11.8 Å². The van der Waals surface area contributed by atoms with Crippen molar-refractivity contribution >= 4 is 17.5 Å². The van der Waals surface area contributed by atoms with Gasteiger partial charge >= 0.3 is 0 Å². The summed E-state index contributed by atoms with van der Waals surface area (Å²) in [6, 6.07) is 3.73. The molecule has 1 aliphatic heterocycles. The summed E-state index contributed by atoms with van der Waals surface area (Å²) in [5.41, 5.74) is 1.07. The van der Waals surface area contributed by atoms with Gasteiger partial charge in [0.25, 0.3) is 0 Å². The van der Waals surface area contributed by atoms with Gasteiger partial charge in [0.1, 0.15) is 11.6 Å². The summed E-state index contributed by atoms with van der Waals surface area (Å²) in [6.45, 7) is 5.77. The molecule has 1 aromatic rings. The lowest BCUT2D eigenvalue weighted by Gasteiger charge is -2.34. The average Bonchev–Trinajstić information content (AvgIpc) is 2.57. The predicted molar refractivity (Wildman–Crippen MR) is 94.2 cm³/mol. The highest BCUT2D eigenvalue weighted by molar-refractivity contribution is 5.92. The number of alkyl halides is 2. The van der Waals surface area contributed by atoms with E-state index in [0.29, 0.717) is 5.82 Å². The monoisotopic (exact) mass is 352 g/mol. The number of nitrogens with one attached hydrogen (secondary N) is 1. The van der Waals surface area contributed by atoms with Crippen molar-refractivity contribution in [1.29, 1.82) is 0 Å². The van der Waals surface area contributed by atoms with Gasteiger partial charge in [-0.15, -0.1) is 0 Å². The number of hydrogen-bond acceptors (Lipinski definition) is 4. The number of nitrogens with zero attached hydrogens (tertiary/aromatic N) is 3. The molecule has 7 heteroatoms. The molecule has 25 heavy (non-hydrogen) atoms. The molecule has 2 aliphatic rings. The maximum atomic E-state index is 13.2. The molecule has 1 saturated heterocycles. The van der Waals surface area contributed by atoms with Crippen LogP contribution >= 0.6 is 0 Å². The van der Waals surface area contributed by atoms with Gasteiger partial charge in [0, 0.05) is 44.9 Å². The molecule has 1 amide bonds. The van der Waals surface area contributed by atoms with Gasteiger partial charge in [-0.1, -0.05) is 6.07 Å². The summed E-state index contributed by atoms with van der Waals surface area (Å²) >= 11 is 0. The van der Waals surface area contributed by atoms with E-state index >= 15 is 0 Å². The van der Waals surface area contributed by atoms with E-state index < -0.39 is 5.92 Å². The summed E-state index contributed by atoms with van der Waals surface area (Å²) < 4.78 is 26.5. The first-order valence-corrected chi connectivity index (χ1v) is 8.94. The van der Waals surface area contributed by atoms with Gasteiger partial charge in [-0.25, -0.2) is 13.8 Å². The van der Waals surface area contributed by atoms with Gasteiger partial charge in [0.15, 0.2) is 0 Å². The topological polar surface area (TPSA) is 48.5 Å². The van der Waals surface area contributed by atoms with Crippen molar-refractivity contribution in [2.45, 2.75) is 38.5 Å². The first kappa shape index (κ1) is 18.0. The number of piperazine rings is 1. The van der Waals surface area contributed by atoms with Crippen LogP contribution in [0.2, 0.25) is 0 Å². The quantitative estimate of drug-likeness (QED) is 0.909. The Bertz CT molecular complexity index is 620. The molecule has 3 rings (SSSR count). The van der Waals surface area contributed by atoms with Crippen LogP contribution in [0, 0.1) is 12.8 Å². The molecule has 0 bridgehead atoms. The largest absolute Gasteiger partial charge is 0.354 e. The summed E-state index contributed by atoms with van der Waals surface area (Å²) in [4.78, 5) is 21.5. The fraction of sp³-hybridized carbons (Fsp3) is 0.667. The number of carbonyl (C=O) groups excluding carboxylic acids is 1. The zero-order valence-electron chi connectivity index (χ0n) is 14.9. The number of halogens is 2. The fourth-order valence-corrected chi connectivity index (χ4v) is 3.46. The number of likely N-dealkylation sites (N-methyl/N-ethyl adjacent to an activating group) is 1. The molecular formula is C18H26F2N4O. The first-order valence-electron chi connectivity index (χ1n) is 8.94. The Morgan fingerprint density at radius 1 is 1.20 bits per heavy atom. The third-order valence-corrected chi connectivity index (χ3v) is 5.21. The Hall–Kier alpha value is -1.76. The Labute approximate surface area is 147 Å². The van der Waals surface area contributed by atoms with E-state index in [1.807, 2.05) is 13.0 Å². The molecule has 2 heterocycles. The van der Waals surface area contributed by atoms with E-state index in [-0.39, 0.29) is 37.5 Å². The number of hydrogen-bond donors (Lipinski definition) is 1. The molecule has 138 valence electrons. The van der Waals surface area contributed by atoms with Crippen molar-refractivity contribution in [2.75, 3.05) is 43.4 Å². The number of rotatable bonds is 3. The minimum atomic E-state index is -2.62. The Balaban J connectivity index is 1.65. The minimum Gasteiger partial charge on any atom is -0.354 e. The molecule has 0 aromatic carbocycles. The number of aryl methyl sites for hydroxylation is 1. The number of anilines is 2. The van der Waals surface area contributed by atoms with Gasteiger partial charge < -0.3 is 15.1 Å². The van der Waals surface area contributed by atoms with Crippen molar-refractivity contribution in [3.05, 3.63) is 17.7 Å². The molecule has 2 fully saturated rings. The second kappa shape index (κ2) is 7.23. The zero-order chi connectivity index (χ0) is 18.0. The zero-order valence-corrected chi connectivity index (χ0v) is 14.9. The summed E-state index contributed by atoms with van der Waals surface area (Å²) in [6.07, 6.45) is 0.0456. The highest BCUT2D eigenvalue weighted by Gasteiger charge is 2.37. The third-order valence-electron chi connectivity index (χ3n) is 5.21. The lowest BCUT2D eigenvalue weighted by molar-refractivity contribution is -0.124. The molecule has 0 spiro atoms. The molecule has 1 saturated carbocycles. The third kappa shape index (κ3) is 4.45. The molecular weight excluding hydrogens is 326 g/mol. The van der Waals surface area contributed by atoms with Crippen LogP contribution in [0.15, 0.2) is 12.1 Å². The van der Waals surface area contributed by atoms with Crippen LogP contribution in [0.3, 0.4) is 0 Å². The summed E-state index contributed by atoms with van der Waals surface area (Å²) in [7, 11) is 2.10. The normalized spacial score (nSPS) is 22.0. The van der Waals surface area contributed by atoms with Crippen molar-refractivity contribution < 1.29 is 13.6 Å². The summed E-state index contributed by atoms with van der Waals surface area (Å²) in [5.74, 6) is -1.78. The van der Waals surface area contributed by atoms with Crippen LogP contribution < -0.4 is 10.2 Å². The van der Waals surface area contributed by atoms with E-state index in [1.165, 1.54) is 0 Å². The standard InChI is InChI=1S/C18H26F2N4O/c1-13-3-4-15(21-16(13)24-11-9-23(2)10-12-24)22-17(25)14-5-7-18(19,20)8-6-14/h3-4,14H,5-12H2,1-2H3,(H,21,22,25). The SMILES string of the molecule is Cc1ccc(NC(=O)C2CCC(F)(F)CC2)nc1N1CCN(C)CC1. The van der Waals surface area contributed by atoms with E-state index in [4.69, 9.17) is 0 Å². The molecule has 0 radical (unpaired) electrons. The van der Waals surface area contributed by atoms with Crippen LogP contribution in [-0.2, 0) is 4.79 Å². The van der Waals surface area contributed by atoms with Gasteiger partial charge in [-0.05, 0) is 38.4 Å². The van der Waals surface area contributed by atoms with Crippen LogP contribution in [-0.4, -0.2) is 54.9 Å². The van der Waals surface area contributed by atoms with Gasteiger partial charge in [-0.2, -0.15) is 0 Å². The maximum absolute atomic E-state index is 13.2.